The third-order valence-corrected chi connectivity index (χ3v) is 9.71. The van der Waals surface area contributed by atoms with Crippen LogP contribution >= 0.6 is 0 Å². The Labute approximate surface area is 302 Å². The van der Waals surface area contributed by atoms with E-state index in [4.69, 9.17) is 0 Å². The number of rotatable bonds is 6. The normalized spacial score (nSPS) is 14.4. The number of para-hydroxylation sites is 1. The molecule has 7 nitrogen and oxygen atoms in total. The summed E-state index contributed by atoms with van der Waals surface area (Å²) in [7, 11) is 0. The molecule has 0 atom stereocenters. The molecule has 13 heteroatoms. The van der Waals surface area contributed by atoms with Crippen molar-refractivity contribution in [1.29, 1.82) is 0 Å². The number of alkyl halides is 6. The topological polar surface area (TPSA) is 86.8 Å². The number of halogens is 6. The SMILES string of the molecule is O=C1NC(=O)c2cc(C(c3ccc4c(c3)C(=O)N(c3ccc(N(c5ccccc5)c5ccc6ccccc6c5)cc3)C4=O)(C(F)(F)F)C(F)(F)F)ccc21. The van der Waals surface area contributed by atoms with Gasteiger partial charge >= 0.3 is 12.4 Å². The molecule has 2 aliphatic rings. The van der Waals surface area contributed by atoms with Crippen LogP contribution in [-0.4, -0.2) is 36.0 Å². The number of anilines is 4. The van der Waals surface area contributed by atoms with Crippen molar-refractivity contribution < 1.29 is 45.5 Å². The van der Waals surface area contributed by atoms with E-state index in [9.17, 15) is 19.2 Å². The minimum atomic E-state index is -6.07. The summed E-state index contributed by atoms with van der Waals surface area (Å²) in [5.74, 6) is -4.20. The monoisotopic (exact) mass is 735 g/mol. The molecule has 6 aromatic rings. The molecule has 1 N–H and O–H groups in total. The van der Waals surface area contributed by atoms with Crippen LogP contribution < -0.4 is 15.1 Å². The first-order valence-electron chi connectivity index (χ1n) is 16.3. The largest absolute Gasteiger partial charge is 0.411 e. The van der Waals surface area contributed by atoms with Gasteiger partial charge in [-0.25, -0.2) is 4.90 Å². The summed E-state index contributed by atoms with van der Waals surface area (Å²) in [5.41, 5.74) is -7.42. The van der Waals surface area contributed by atoms with Crippen molar-refractivity contribution >= 4 is 57.2 Å². The van der Waals surface area contributed by atoms with Gasteiger partial charge < -0.3 is 4.90 Å². The molecule has 0 radical (unpaired) electrons. The second-order valence-corrected chi connectivity index (χ2v) is 12.7. The molecule has 4 amide bonds. The third-order valence-electron chi connectivity index (χ3n) is 9.71. The van der Waals surface area contributed by atoms with Crippen molar-refractivity contribution in [2.45, 2.75) is 17.8 Å². The minimum absolute atomic E-state index is 0.0326. The maximum absolute atomic E-state index is 15.0. The van der Waals surface area contributed by atoms with E-state index < -0.39 is 69.2 Å². The summed E-state index contributed by atoms with van der Waals surface area (Å²) in [6, 6.07) is 32.5. The zero-order chi connectivity index (χ0) is 38.2. The number of fused-ring (bicyclic) bond motifs is 3. The summed E-state index contributed by atoms with van der Waals surface area (Å²) in [6.07, 6.45) is -12.1. The molecule has 0 saturated carbocycles. The number of hydrogen-bond donors (Lipinski definition) is 1. The van der Waals surface area contributed by atoms with Crippen LogP contribution in [0.1, 0.15) is 52.6 Å². The Morgan fingerprint density at radius 2 is 0.981 bits per heavy atom. The Morgan fingerprint density at radius 3 is 1.63 bits per heavy atom. The number of imide groups is 2. The van der Waals surface area contributed by atoms with Crippen molar-refractivity contribution in [2.75, 3.05) is 9.80 Å². The third kappa shape index (κ3) is 5.14. The Bertz CT molecular complexity index is 2540. The molecule has 2 aliphatic heterocycles. The highest BCUT2D eigenvalue weighted by Crippen LogP contribution is 2.57. The summed E-state index contributed by atoms with van der Waals surface area (Å²) in [6.45, 7) is 0. The lowest BCUT2D eigenvalue weighted by Crippen LogP contribution is -2.55. The van der Waals surface area contributed by atoms with Gasteiger partial charge in [0.05, 0.1) is 27.9 Å². The van der Waals surface area contributed by atoms with E-state index in [2.05, 4.69) is 0 Å². The summed E-state index contributed by atoms with van der Waals surface area (Å²) < 4.78 is 90.0. The molecule has 8 rings (SSSR count). The van der Waals surface area contributed by atoms with Crippen LogP contribution in [0.25, 0.3) is 10.8 Å². The Hall–Kier alpha value is -6.76. The molecule has 0 aromatic heterocycles. The first-order valence-corrected chi connectivity index (χ1v) is 16.3. The van der Waals surface area contributed by atoms with Gasteiger partial charge in [-0.05, 0) is 94.7 Å². The van der Waals surface area contributed by atoms with Crippen molar-refractivity contribution in [3.8, 4) is 0 Å². The second-order valence-electron chi connectivity index (χ2n) is 12.7. The number of carbonyl (C=O) groups is 4. The molecular weight excluding hydrogens is 712 g/mol. The fourth-order valence-electron chi connectivity index (χ4n) is 7.18. The molecule has 0 saturated heterocycles. The zero-order valence-corrected chi connectivity index (χ0v) is 27.5. The van der Waals surface area contributed by atoms with Crippen LogP contribution in [-0.2, 0) is 5.41 Å². The fourth-order valence-corrected chi connectivity index (χ4v) is 7.18. The van der Waals surface area contributed by atoms with E-state index in [0.29, 0.717) is 40.9 Å². The van der Waals surface area contributed by atoms with E-state index in [1.54, 1.807) is 12.1 Å². The quantitative estimate of drug-likeness (QED) is 0.136. The standard InChI is InChI=1S/C41H23F6N3O4/c42-40(43,44)39(41(45,46)47,25-11-18-31-33(21-25)36(52)48-35(31)51)26-12-19-32-34(22-26)38(54)50(37(32)53)29-16-14-28(15-17-29)49(27-8-2-1-3-9-27)30-13-10-23-6-4-5-7-24(23)20-30/h1-22H,(H,48,51,52). The predicted molar refractivity (Wildman–Crippen MR) is 187 cm³/mol. The second kappa shape index (κ2) is 12.2. The Morgan fingerprint density at radius 1 is 0.463 bits per heavy atom. The minimum Gasteiger partial charge on any atom is -0.310 e. The summed E-state index contributed by atoms with van der Waals surface area (Å²) in [5, 5.41) is 3.85. The number of amides is 4. The number of carbonyl (C=O) groups excluding carboxylic acids is 4. The van der Waals surface area contributed by atoms with Gasteiger partial charge in [-0.1, -0.05) is 60.7 Å². The molecule has 6 aromatic carbocycles. The average Bonchev–Trinajstić information content (AvgIpc) is 3.57. The van der Waals surface area contributed by atoms with Crippen LogP contribution in [0.4, 0.5) is 49.1 Å². The van der Waals surface area contributed by atoms with E-state index in [1.807, 2.05) is 83.0 Å². The average molecular weight is 736 g/mol. The molecule has 0 bridgehead atoms. The predicted octanol–water partition coefficient (Wildman–Crippen LogP) is 9.40. The van der Waals surface area contributed by atoms with Crippen molar-refractivity contribution in [3.05, 3.63) is 167 Å². The van der Waals surface area contributed by atoms with Gasteiger partial charge in [0.25, 0.3) is 23.6 Å². The van der Waals surface area contributed by atoms with Crippen LogP contribution in [0.15, 0.2) is 133 Å². The summed E-state index contributed by atoms with van der Waals surface area (Å²) >= 11 is 0. The molecule has 0 aliphatic carbocycles. The molecular formula is C41H23F6N3O4. The van der Waals surface area contributed by atoms with Crippen molar-refractivity contribution in [1.82, 2.24) is 5.32 Å². The van der Waals surface area contributed by atoms with Gasteiger partial charge in [0, 0.05) is 17.1 Å². The molecule has 0 spiro atoms. The van der Waals surface area contributed by atoms with Gasteiger partial charge in [0.2, 0.25) is 5.41 Å². The van der Waals surface area contributed by atoms with E-state index in [1.165, 1.54) is 12.1 Å². The molecule has 0 unspecified atom stereocenters. The first kappa shape index (κ1) is 34.3. The molecule has 0 fully saturated rings. The van der Waals surface area contributed by atoms with Crippen LogP contribution in [0.5, 0.6) is 0 Å². The molecule has 268 valence electrons. The number of nitrogens with zero attached hydrogens (tertiary/aromatic N) is 2. The number of benzene rings is 6. The lowest BCUT2D eigenvalue weighted by Gasteiger charge is -2.38. The molecule has 54 heavy (non-hydrogen) atoms. The molecule has 2 heterocycles. The van der Waals surface area contributed by atoms with E-state index in [-0.39, 0.29) is 11.3 Å². The lowest BCUT2D eigenvalue weighted by atomic mass is 9.71. The first-order chi connectivity index (χ1) is 25.7. The van der Waals surface area contributed by atoms with Gasteiger partial charge in [-0.2, -0.15) is 26.3 Å². The fraction of sp³-hybridized carbons (Fsp3) is 0.0732. The van der Waals surface area contributed by atoms with Gasteiger partial charge in [0.1, 0.15) is 0 Å². The van der Waals surface area contributed by atoms with Crippen LogP contribution in [0.3, 0.4) is 0 Å². The van der Waals surface area contributed by atoms with E-state index >= 15 is 26.3 Å². The lowest BCUT2D eigenvalue weighted by molar-refractivity contribution is -0.288. The van der Waals surface area contributed by atoms with Crippen LogP contribution in [0, 0.1) is 0 Å². The van der Waals surface area contributed by atoms with Gasteiger partial charge in [0.15, 0.2) is 0 Å². The Balaban J connectivity index is 1.18. The smallest absolute Gasteiger partial charge is 0.310 e. The maximum Gasteiger partial charge on any atom is 0.411 e. The maximum atomic E-state index is 15.0. The van der Waals surface area contributed by atoms with Gasteiger partial charge in [-0.3, -0.25) is 24.5 Å². The highest BCUT2D eigenvalue weighted by molar-refractivity contribution is 6.34. The number of hydrogen-bond acceptors (Lipinski definition) is 5. The highest BCUT2D eigenvalue weighted by atomic mass is 19.4. The number of nitrogens with one attached hydrogen (secondary N) is 1. The van der Waals surface area contributed by atoms with E-state index in [0.717, 1.165) is 28.2 Å². The zero-order valence-electron chi connectivity index (χ0n) is 27.5. The Kier molecular flexibility index (Phi) is 7.73. The summed E-state index contributed by atoms with van der Waals surface area (Å²) in [4.78, 5) is 54.3. The van der Waals surface area contributed by atoms with Gasteiger partial charge in [-0.15, -0.1) is 0 Å². The highest BCUT2D eigenvalue weighted by Gasteiger charge is 2.73. The van der Waals surface area contributed by atoms with Crippen molar-refractivity contribution in [2.24, 2.45) is 0 Å². The van der Waals surface area contributed by atoms with Crippen LogP contribution in [0.2, 0.25) is 0 Å². The van der Waals surface area contributed by atoms with Crippen molar-refractivity contribution in [3.63, 3.8) is 0 Å².